The lowest BCUT2D eigenvalue weighted by Crippen LogP contribution is -2.36. The maximum atomic E-state index is 13.8. The number of carbonyl (C=O) groups excluding carboxylic acids is 2. The number of benzene rings is 3. The molecule has 34 heavy (non-hydrogen) atoms. The summed E-state index contributed by atoms with van der Waals surface area (Å²) in [4.78, 5) is 34.2. The van der Waals surface area contributed by atoms with Crippen LogP contribution >= 0.6 is 0 Å². The number of hydrogen-bond acceptors (Lipinski definition) is 3. The summed E-state index contributed by atoms with van der Waals surface area (Å²) in [6.07, 6.45) is 3.44. The molecule has 1 aromatic heterocycles. The second-order valence-corrected chi connectivity index (χ2v) is 8.99. The van der Waals surface area contributed by atoms with E-state index in [1.807, 2.05) is 78.7 Å². The molecule has 0 atom stereocenters. The fraction of sp³-hybridized carbons (Fsp3) is 0.172. The zero-order valence-electron chi connectivity index (χ0n) is 19.0. The number of fused-ring (bicyclic) bond motifs is 2. The molecule has 0 saturated carbocycles. The molecule has 2 aliphatic heterocycles. The number of nitrogens with one attached hydrogen (secondary N) is 1. The number of aryl methyl sites for hydroxylation is 1. The van der Waals surface area contributed by atoms with E-state index in [0.717, 1.165) is 39.7 Å². The molecular formula is C29H25N3O2. The number of anilines is 1. The van der Waals surface area contributed by atoms with Crippen molar-refractivity contribution in [3.05, 3.63) is 107 Å². The summed E-state index contributed by atoms with van der Waals surface area (Å²) in [5.74, 6) is -0.426. The summed E-state index contributed by atoms with van der Waals surface area (Å²) in [7, 11) is 0. The van der Waals surface area contributed by atoms with Crippen LogP contribution in [0.3, 0.4) is 0 Å². The maximum absolute atomic E-state index is 13.8. The van der Waals surface area contributed by atoms with Crippen molar-refractivity contribution in [2.75, 3.05) is 18.0 Å². The number of imide groups is 1. The van der Waals surface area contributed by atoms with Crippen molar-refractivity contribution in [1.29, 1.82) is 0 Å². The van der Waals surface area contributed by atoms with Crippen molar-refractivity contribution in [3.63, 3.8) is 0 Å². The Morgan fingerprint density at radius 1 is 0.882 bits per heavy atom. The highest BCUT2D eigenvalue weighted by Gasteiger charge is 2.43. The van der Waals surface area contributed by atoms with Gasteiger partial charge >= 0.3 is 0 Å². The Hall–Kier alpha value is -4.12. The molecule has 1 N–H and O–H groups in total. The number of H-pyrrole nitrogens is 1. The highest BCUT2D eigenvalue weighted by Crippen LogP contribution is 2.38. The van der Waals surface area contributed by atoms with Crippen LogP contribution in [0.2, 0.25) is 0 Å². The number of amides is 2. The second kappa shape index (κ2) is 8.03. The van der Waals surface area contributed by atoms with Crippen LogP contribution in [0.4, 0.5) is 5.69 Å². The van der Waals surface area contributed by atoms with E-state index in [9.17, 15) is 9.59 Å². The Labute approximate surface area is 198 Å². The molecule has 6 rings (SSSR count). The first kappa shape index (κ1) is 20.5. The molecule has 3 aromatic carbocycles. The summed E-state index contributed by atoms with van der Waals surface area (Å²) in [5.41, 5.74) is 7.29. The third-order valence-electron chi connectivity index (χ3n) is 6.92. The van der Waals surface area contributed by atoms with E-state index in [0.29, 0.717) is 30.8 Å². The van der Waals surface area contributed by atoms with Crippen molar-refractivity contribution in [2.45, 2.75) is 19.8 Å². The fourth-order valence-electron chi connectivity index (χ4n) is 5.14. The summed E-state index contributed by atoms with van der Waals surface area (Å²) >= 11 is 0. The molecular weight excluding hydrogens is 422 g/mol. The van der Waals surface area contributed by atoms with Crippen LogP contribution in [0.5, 0.6) is 0 Å². The second-order valence-electron chi connectivity index (χ2n) is 8.99. The molecule has 2 aliphatic rings. The minimum atomic E-state index is -0.215. The van der Waals surface area contributed by atoms with Gasteiger partial charge in [0.1, 0.15) is 5.70 Å². The standard InChI is InChI=1S/C29H25N3O2/c1-19-10-12-21(13-11-19)26-27(31-16-14-20-6-2-5-9-25(20)31)29(34)32(28(26)33)17-15-22-18-30-24-8-4-3-7-23(22)24/h2-13,18,30H,14-17H2,1H3. The third kappa shape index (κ3) is 3.24. The molecule has 0 unspecified atom stereocenters. The lowest BCUT2D eigenvalue weighted by Gasteiger charge is -2.21. The highest BCUT2D eigenvalue weighted by atomic mass is 16.2. The molecule has 0 saturated heterocycles. The Bertz CT molecular complexity index is 1460. The van der Waals surface area contributed by atoms with Gasteiger partial charge in [0.25, 0.3) is 11.8 Å². The summed E-state index contributed by atoms with van der Waals surface area (Å²) in [6.45, 7) is 3.05. The smallest absolute Gasteiger partial charge is 0.278 e. The normalized spacial score (nSPS) is 15.7. The molecule has 5 nitrogen and oxygen atoms in total. The number of aromatic nitrogens is 1. The first-order chi connectivity index (χ1) is 16.6. The van der Waals surface area contributed by atoms with Gasteiger partial charge in [-0.3, -0.25) is 14.5 Å². The number of nitrogens with zero attached hydrogens (tertiary/aromatic N) is 2. The van der Waals surface area contributed by atoms with Gasteiger partial charge < -0.3 is 9.88 Å². The predicted octanol–water partition coefficient (Wildman–Crippen LogP) is 4.86. The first-order valence-electron chi connectivity index (χ1n) is 11.7. The monoisotopic (exact) mass is 447 g/mol. The van der Waals surface area contributed by atoms with Crippen molar-refractivity contribution in [1.82, 2.24) is 9.88 Å². The van der Waals surface area contributed by atoms with Crippen molar-refractivity contribution in [2.24, 2.45) is 0 Å². The lowest BCUT2D eigenvalue weighted by molar-refractivity contribution is -0.136. The highest BCUT2D eigenvalue weighted by molar-refractivity contribution is 6.36. The van der Waals surface area contributed by atoms with Gasteiger partial charge in [-0.25, -0.2) is 0 Å². The zero-order valence-corrected chi connectivity index (χ0v) is 19.0. The lowest BCUT2D eigenvalue weighted by atomic mass is 10.0. The molecule has 0 fully saturated rings. The summed E-state index contributed by atoms with van der Waals surface area (Å²) < 4.78 is 0. The summed E-state index contributed by atoms with van der Waals surface area (Å²) in [5, 5.41) is 1.13. The predicted molar refractivity (Wildman–Crippen MR) is 134 cm³/mol. The maximum Gasteiger partial charge on any atom is 0.278 e. The van der Waals surface area contributed by atoms with E-state index in [-0.39, 0.29) is 11.8 Å². The van der Waals surface area contributed by atoms with E-state index in [2.05, 4.69) is 17.1 Å². The van der Waals surface area contributed by atoms with Crippen LogP contribution in [0.15, 0.2) is 84.7 Å². The Kier molecular flexibility index (Phi) is 4.84. The Morgan fingerprint density at radius 2 is 1.65 bits per heavy atom. The van der Waals surface area contributed by atoms with Crippen molar-refractivity contribution in [3.8, 4) is 0 Å². The van der Waals surface area contributed by atoms with Gasteiger partial charge in [-0.1, -0.05) is 66.2 Å². The van der Waals surface area contributed by atoms with Crippen LogP contribution in [-0.4, -0.2) is 34.8 Å². The largest absolute Gasteiger partial charge is 0.361 e. The molecule has 0 bridgehead atoms. The van der Waals surface area contributed by atoms with Gasteiger partial charge in [-0.2, -0.15) is 0 Å². The van der Waals surface area contributed by atoms with E-state index in [1.54, 1.807) is 0 Å². The Balaban J connectivity index is 1.37. The molecule has 4 aromatic rings. The summed E-state index contributed by atoms with van der Waals surface area (Å²) in [6, 6.07) is 24.1. The molecule has 5 heteroatoms. The zero-order chi connectivity index (χ0) is 23.2. The third-order valence-corrected chi connectivity index (χ3v) is 6.92. The number of carbonyl (C=O) groups is 2. The first-order valence-corrected chi connectivity index (χ1v) is 11.7. The van der Waals surface area contributed by atoms with Crippen LogP contribution in [0.25, 0.3) is 16.5 Å². The van der Waals surface area contributed by atoms with Gasteiger partial charge in [0, 0.05) is 35.9 Å². The Morgan fingerprint density at radius 3 is 2.50 bits per heavy atom. The van der Waals surface area contributed by atoms with E-state index < -0.39 is 0 Å². The van der Waals surface area contributed by atoms with E-state index in [1.165, 1.54) is 10.5 Å². The molecule has 0 aliphatic carbocycles. The quantitative estimate of drug-likeness (QED) is 0.445. The van der Waals surface area contributed by atoms with Crippen LogP contribution < -0.4 is 4.90 Å². The molecule has 2 amide bonds. The molecule has 3 heterocycles. The number of hydrogen-bond donors (Lipinski definition) is 1. The molecule has 168 valence electrons. The van der Waals surface area contributed by atoms with Gasteiger partial charge in [0.05, 0.1) is 5.57 Å². The van der Waals surface area contributed by atoms with Crippen molar-refractivity contribution < 1.29 is 9.59 Å². The van der Waals surface area contributed by atoms with Gasteiger partial charge in [-0.05, 0) is 48.6 Å². The van der Waals surface area contributed by atoms with Crippen LogP contribution in [0, 0.1) is 6.92 Å². The van der Waals surface area contributed by atoms with E-state index >= 15 is 0 Å². The average molecular weight is 448 g/mol. The fourth-order valence-corrected chi connectivity index (χ4v) is 5.14. The minimum absolute atomic E-state index is 0.211. The van der Waals surface area contributed by atoms with E-state index in [4.69, 9.17) is 0 Å². The SMILES string of the molecule is Cc1ccc(C2=C(N3CCc4ccccc43)C(=O)N(CCc3c[nH]c4ccccc34)C2=O)cc1. The minimum Gasteiger partial charge on any atom is -0.361 e. The topological polar surface area (TPSA) is 56.4 Å². The van der Waals surface area contributed by atoms with Gasteiger partial charge in [-0.15, -0.1) is 0 Å². The van der Waals surface area contributed by atoms with Crippen LogP contribution in [-0.2, 0) is 22.4 Å². The van der Waals surface area contributed by atoms with Gasteiger partial charge in [0.15, 0.2) is 0 Å². The van der Waals surface area contributed by atoms with Crippen molar-refractivity contribution >= 4 is 34.0 Å². The molecule has 0 spiro atoms. The molecule has 0 radical (unpaired) electrons. The number of para-hydroxylation sites is 2. The van der Waals surface area contributed by atoms with Crippen LogP contribution in [0.1, 0.15) is 22.3 Å². The number of rotatable bonds is 5. The number of aromatic amines is 1. The van der Waals surface area contributed by atoms with Gasteiger partial charge in [0.2, 0.25) is 0 Å². The average Bonchev–Trinajstić information content (AvgIpc) is 3.53.